The molecule has 7 heteroatoms. The Hall–Kier alpha value is -2.31. The lowest BCUT2D eigenvalue weighted by molar-refractivity contribution is -0.127. The fraction of sp³-hybridized carbons (Fsp3) is 0.562. The van der Waals surface area contributed by atoms with E-state index in [0.29, 0.717) is 25.5 Å². The summed E-state index contributed by atoms with van der Waals surface area (Å²) >= 11 is 0. The molecule has 1 aliphatic rings. The second-order valence-corrected chi connectivity index (χ2v) is 6.26. The Bertz CT molecular complexity index is 633. The van der Waals surface area contributed by atoms with E-state index >= 15 is 0 Å². The Balaban J connectivity index is 2.10. The number of carbonyl (C=O) groups excluding carboxylic acids is 1. The van der Waals surface area contributed by atoms with Crippen molar-refractivity contribution in [3.8, 4) is 0 Å². The minimum atomic E-state index is 0.0117. The summed E-state index contributed by atoms with van der Waals surface area (Å²) in [6.07, 6.45) is 2.34. The quantitative estimate of drug-likeness (QED) is 0.476. The number of aryl methyl sites for hydroxylation is 1. The zero-order chi connectivity index (χ0) is 17.1. The van der Waals surface area contributed by atoms with Crippen molar-refractivity contribution >= 4 is 11.9 Å². The fourth-order valence-corrected chi connectivity index (χ4v) is 2.92. The Kier molecular flexibility index (Phi) is 5.08. The number of nitrogens with zero attached hydrogens (tertiary/aromatic N) is 4. The molecule has 3 N–H and O–H groups in total. The van der Waals surface area contributed by atoms with Gasteiger partial charge in [0.1, 0.15) is 0 Å². The molecule has 23 heavy (non-hydrogen) atoms. The van der Waals surface area contributed by atoms with Gasteiger partial charge in [0, 0.05) is 44.2 Å². The third-order valence-corrected chi connectivity index (χ3v) is 4.35. The highest BCUT2D eigenvalue weighted by molar-refractivity contribution is 5.80. The van der Waals surface area contributed by atoms with Gasteiger partial charge < -0.3 is 16.0 Å². The number of hydrogen-bond acceptors (Lipinski definition) is 3. The van der Waals surface area contributed by atoms with Gasteiger partial charge in [-0.3, -0.25) is 9.48 Å². The zero-order valence-corrected chi connectivity index (χ0v) is 14.3. The summed E-state index contributed by atoms with van der Waals surface area (Å²) in [6, 6.07) is 0.0117. The van der Waals surface area contributed by atoms with E-state index in [1.54, 1.807) is 4.90 Å². The van der Waals surface area contributed by atoms with Crippen LogP contribution >= 0.6 is 0 Å². The van der Waals surface area contributed by atoms with E-state index in [2.05, 4.69) is 22.0 Å². The first-order chi connectivity index (χ1) is 10.8. The standard InChI is InChI=1S/C16H26N6O/c1-10(2)7-18-16(17)19-8-12-6-14(23)21(4)15(12)13-9-20-22(5)11(13)3/h9,12,15H,1,6-8H2,2-5H3,(H3,17,18,19)/t12-,15+/m0/s1. The first kappa shape index (κ1) is 17.1. The second kappa shape index (κ2) is 6.85. The topological polar surface area (TPSA) is 88.5 Å². The third kappa shape index (κ3) is 3.72. The van der Waals surface area contributed by atoms with E-state index in [4.69, 9.17) is 5.73 Å². The highest BCUT2D eigenvalue weighted by Crippen LogP contribution is 2.37. The van der Waals surface area contributed by atoms with Gasteiger partial charge in [-0.2, -0.15) is 5.10 Å². The number of rotatable bonds is 5. The van der Waals surface area contributed by atoms with E-state index < -0.39 is 0 Å². The fourth-order valence-electron chi connectivity index (χ4n) is 2.92. The Morgan fingerprint density at radius 2 is 2.26 bits per heavy atom. The van der Waals surface area contributed by atoms with Crippen molar-refractivity contribution in [2.75, 3.05) is 20.1 Å². The number of amides is 1. The smallest absolute Gasteiger partial charge is 0.223 e. The molecule has 1 fully saturated rings. The van der Waals surface area contributed by atoms with Crippen molar-refractivity contribution in [2.45, 2.75) is 26.3 Å². The largest absolute Gasteiger partial charge is 0.370 e. The summed E-state index contributed by atoms with van der Waals surface area (Å²) < 4.78 is 1.83. The molecule has 0 saturated carbocycles. The summed E-state index contributed by atoms with van der Waals surface area (Å²) in [4.78, 5) is 18.2. The number of guanidine groups is 1. The summed E-state index contributed by atoms with van der Waals surface area (Å²) in [5.41, 5.74) is 8.99. The van der Waals surface area contributed by atoms with Gasteiger partial charge in [-0.15, -0.1) is 0 Å². The van der Waals surface area contributed by atoms with Gasteiger partial charge in [0.05, 0.1) is 18.8 Å². The Morgan fingerprint density at radius 1 is 1.57 bits per heavy atom. The second-order valence-electron chi connectivity index (χ2n) is 6.26. The van der Waals surface area contributed by atoms with Gasteiger partial charge in [-0.25, -0.2) is 4.99 Å². The Morgan fingerprint density at radius 3 is 2.83 bits per heavy atom. The normalized spacial score (nSPS) is 21.8. The molecule has 0 unspecified atom stereocenters. The van der Waals surface area contributed by atoms with Crippen LogP contribution in [0, 0.1) is 12.8 Å². The highest BCUT2D eigenvalue weighted by Gasteiger charge is 2.39. The summed E-state index contributed by atoms with van der Waals surface area (Å²) in [5, 5.41) is 7.43. The molecule has 1 saturated heterocycles. The molecule has 7 nitrogen and oxygen atoms in total. The van der Waals surface area contributed by atoms with Gasteiger partial charge >= 0.3 is 0 Å². The zero-order valence-electron chi connectivity index (χ0n) is 14.3. The molecule has 2 heterocycles. The number of aliphatic imine (C=N–C) groups is 1. The van der Waals surface area contributed by atoms with Crippen LogP contribution in [0.1, 0.15) is 30.6 Å². The third-order valence-electron chi connectivity index (χ3n) is 4.35. The van der Waals surface area contributed by atoms with E-state index in [0.717, 1.165) is 16.8 Å². The molecule has 126 valence electrons. The lowest BCUT2D eigenvalue weighted by Crippen LogP contribution is -2.37. The van der Waals surface area contributed by atoms with Crippen molar-refractivity contribution in [2.24, 2.45) is 23.7 Å². The van der Waals surface area contributed by atoms with Crippen LogP contribution in [-0.4, -0.2) is 46.7 Å². The molecule has 0 bridgehead atoms. The van der Waals surface area contributed by atoms with Gasteiger partial charge in [0.15, 0.2) is 5.96 Å². The van der Waals surface area contributed by atoms with Crippen LogP contribution in [0.3, 0.4) is 0 Å². The van der Waals surface area contributed by atoms with Crippen LogP contribution in [-0.2, 0) is 11.8 Å². The Labute approximate surface area is 137 Å². The minimum absolute atomic E-state index is 0.0117. The SMILES string of the molecule is C=C(C)CN=C(N)NC[C@@H]1CC(=O)N(C)[C@H]1c1cnn(C)c1C. The van der Waals surface area contributed by atoms with Crippen LogP contribution in [0.5, 0.6) is 0 Å². The van der Waals surface area contributed by atoms with E-state index in [1.165, 1.54) is 0 Å². The number of aromatic nitrogens is 2. The molecular formula is C16H26N6O. The first-order valence-electron chi connectivity index (χ1n) is 7.73. The molecule has 0 radical (unpaired) electrons. The minimum Gasteiger partial charge on any atom is -0.370 e. The van der Waals surface area contributed by atoms with Crippen LogP contribution in [0.15, 0.2) is 23.3 Å². The average molecular weight is 318 g/mol. The molecule has 1 aromatic rings. The van der Waals surface area contributed by atoms with Crippen molar-refractivity contribution in [3.05, 3.63) is 29.6 Å². The van der Waals surface area contributed by atoms with E-state index in [9.17, 15) is 4.79 Å². The molecule has 0 aliphatic carbocycles. The molecule has 1 amide bonds. The predicted octanol–water partition coefficient (Wildman–Crippen LogP) is 0.728. The number of likely N-dealkylation sites (tertiary alicyclic amines) is 1. The van der Waals surface area contributed by atoms with E-state index in [1.807, 2.05) is 38.8 Å². The maximum Gasteiger partial charge on any atom is 0.223 e. The van der Waals surface area contributed by atoms with Crippen LogP contribution < -0.4 is 11.1 Å². The molecule has 2 rings (SSSR count). The van der Waals surface area contributed by atoms with Gasteiger partial charge in [-0.1, -0.05) is 12.2 Å². The average Bonchev–Trinajstić information content (AvgIpc) is 2.96. The maximum atomic E-state index is 12.1. The summed E-state index contributed by atoms with van der Waals surface area (Å²) in [6.45, 7) is 8.83. The lowest BCUT2D eigenvalue weighted by Gasteiger charge is -2.25. The van der Waals surface area contributed by atoms with Crippen LogP contribution in [0.2, 0.25) is 0 Å². The van der Waals surface area contributed by atoms with Crippen LogP contribution in [0.4, 0.5) is 0 Å². The number of carbonyl (C=O) groups is 1. The molecule has 1 aliphatic heterocycles. The summed E-state index contributed by atoms with van der Waals surface area (Å²) in [5.74, 6) is 0.660. The van der Waals surface area contributed by atoms with Crippen molar-refractivity contribution in [3.63, 3.8) is 0 Å². The monoisotopic (exact) mass is 318 g/mol. The molecule has 0 aromatic carbocycles. The molecule has 0 spiro atoms. The lowest BCUT2D eigenvalue weighted by atomic mass is 9.94. The highest BCUT2D eigenvalue weighted by atomic mass is 16.2. The summed E-state index contributed by atoms with van der Waals surface area (Å²) in [7, 11) is 3.75. The van der Waals surface area contributed by atoms with Gasteiger partial charge in [0.25, 0.3) is 0 Å². The van der Waals surface area contributed by atoms with Gasteiger partial charge in [-0.05, 0) is 13.8 Å². The van der Waals surface area contributed by atoms with Gasteiger partial charge in [0.2, 0.25) is 5.91 Å². The number of hydrogen-bond donors (Lipinski definition) is 2. The number of nitrogens with one attached hydrogen (secondary N) is 1. The molecular weight excluding hydrogens is 292 g/mol. The van der Waals surface area contributed by atoms with Crippen molar-refractivity contribution < 1.29 is 4.79 Å². The van der Waals surface area contributed by atoms with E-state index in [-0.39, 0.29) is 17.9 Å². The van der Waals surface area contributed by atoms with Crippen molar-refractivity contribution in [1.29, 1.82) is 0 Å². The van der Waals surface area contributed by atoms with Crippen LogP contribution in [0.25, 0.3) is 0 Å². The molecule has 1 aromatic heterocycles. The predicted molar refractivity (Wildman–Crippen MR) is 90.9 cm³/mol. The van der Waals surface area contributed by atoms with Crippen molar-refractivity contribution in [1.82, 2.24) is 20.0 Å². The first-order valence-corrected chi connectivity index (χ1v) is 7.73. The number of nitrogens with two attached hydrogens (primary N) is 1. The maximum absolute atomic E-state index is 12.1. The molecule has 2 atom stereocenters.